The summed E-state index contributed by atoms with van der Waals surface area (Å²) in [6, 6.07) is 2.87. The van der Waals surface area contributed by atoms with E-state index in [1.165, 1.54) is 13.2 Å². The third kappa shape index (κ3) is 4.37. The van der Waals surface area contributed by atoms with E-state index in [9.17, 15) is 18.0 Å². The number of carbonyl (C=O) groups is 1. The van der Waals surface area contributed by atoms with Crippen molar-refractivity contribution in [1.82, 2.24) is 10.2 Å². The summed E-state index contributed by atoms with van der Waals surface area (Å²) in [5, 5.41) is 2.82. The Labute approximate surface area is 133 Å². The van der Waals surface area contributed by atoms with Crippen molar-refractivity contribution >= 4 is 5.91 Å². The number of benzene rings is 1. The Morgan fingerprint density at radius 2 is 2.17 bits per heavy atom. The highest BCUT2D eigenvalue weighted by Crippen LogP contribution is 2.32. The van der Waals surface area contributed by atoms with Gasteiger partial charge in [0.05, 0.1) is 18.2 Å². The Morgan fingerprint density at radius 3 is 2.78 bits per heavy atom. The fourth-order valence-electron chi connectivity index (χ4n) is 2.79. The lowest BCUT2D eigenvalue weighted by molar-refractivity contribution is -0.137. The molecule has 2 rings (SSSR count). The second-order valence-electron chi connectivity index (χ2n) is 5.62. The minimum Gasteiger partial charge on any atom is -0.496 e. The molecule has 1 aliphatic rings. The molecular formula is C16H21F3N2O2. The molecule has 7 heteroatoms. The first-order valence-corrected chi connectivity index (χ1v) is 7.63. The van der Waals surface area contributed by atoms with Crippen molar-refractivity contribution in [1.29, 1.82) is 0 Å². The highest BCUT2D eigenvalue weighted by Gasteiger charge is 2.32. The molecule has 0 bridgehead atoms. The topological polar surface area (TPSA) is 41.6 Å². The van der Waals surface area contributed by atoms with Gasteiger partial charge in [0.1, 0.15) is 5.75 Å². The van der Waals surface area contributed by atoms with Gasteiger partial charge in [-0.2, -0.15) is 13.2 Å². The number of piperidine rings is 1. The Morgan fingerprint density at radius 1 is 1.43 bits per heavy atom. The Kier molecular flexibility index (Phi) is 5.51. The zero-order valence-corrected chi connectivity index (χ0v) is 13.2. The van der Waals surface area contributed by atoms with Crippen LogP contribution in [0.4, 0.5) is 13.2 Å². The van der Waals surface area contributed by atoms with Crippen LogP contribution in [0.1, 0.15) is 35.7 Å². The lowest BCUT2D eigenvalue weighted by Gasteiger charge is -2.32. The predicted molar refractivity (Wildman–Crippen MR) is 80.6 cm³/mol. The minimum atomic E-state index is -4.49. The summed E-state index contributed by atoms with van der Waals surface area (Å²) in [5.74, 6) is -0.394. The number of alkyl halides is 3. The molecular weight excluding hydrogens is 309 g/mol. The molecule has 4 nitrogen and oxygen atoms in total. The summed E-state index contributed by atoms with van der Waals surface area (Å²) in [4.78, 5) is 14.6. The van der Waals surface area contributed by atoms with Gasteiger partial charge in [-0.1, -0.05) is 6.92 Å². The van der Waals surface area contributed by atoms with Crippen LogP contribution < -0.4 is 10.1 Å². The summed E-state index contributed by atoms with van der Waals surface area (Å²) in [6.07, 6.45) is -2.72. The number of nitrogens with one attached hydrogen (secondary N) is 1. The number of halogens is 3. The normalized spacial score (nSPS) is 19.4. The summed E-state index contributed by atoms with van der Waals surface area (Å²) >= 11 is 0. The maximum Gasteiger partial charge on any atom is 0.416 e. The fourth-order valence-corrected chi connectivity index (χ4v) is 2.79. The maximum absolute atomic E-state index is 12.8. The molecule has 1 N–H and O–H groups in total. The first-order valence-electron chi connectivity index (χ1n) is 7.63. The lowest BCUT2D eigenvalue weighted by Crippen LogP contribution is -2.47. The summed E-state index contributed by atoms with van der Waals surface area (Å²) in [6.45, 7) is 4.62. The van der Waals surface area contributed by atoms with E-state index in [0.29, 0.717) is 6.54 Å². The molecule has 128 valence electrons. The van der Waals surface area contributed by atoms with Crippen molar-refractivity contribution in [2.45, 2.75) is 32.0 Å². The van der Waals surface area contributed by atoms with E-state index in [4.69, 9.17) is 4.74 Å². The monoisotopic (exact) mass is 330 g/mol. The fraction of sp³-hybridized carbons (Fsp3) is 0.562. The number of rotatable bonds is 4. The summed E-state index contributed by atoms with van der Waals surface area (Å²) in [7, 11) is 1.33. The van der Waals surface area contributed by atoms with E-state index in [0.717, 1.165) is 38.1 Å². The van der Waals surface area contributed by atoms with Crippen molar-refractivity contribution in [2.24, 2.45) is 0 Å². The van der Waals surface area contributed by atoms with Gasteiger partial charge in [-0.25, -0.2) is 0 Å². The van der Waals surface area contributed by atoms with Crippen molar-refractivity contribution < 1.29 is 22.7 Å². The van der Waals surface area contributed by atoms with E-state index in [1.54, 1.807) is 0 Å². The number of likely N-dealkylation sites (tertiary alicyclic amines) is 1. The van der Waals surface area contributed by atoms with E-state index in [2.05, 4.69) is 10.2 Å². The predicted octanol–water partition coefficient (Wildman–Crippen LogP) is 2.93. The van der Waals surface area contributed by atoms with Gasteiger partial charge in [0.15, 0.2) is 0 Å². The van der Waals surface area contributed by atoms with Crippen molar-refractivity contribution in [3.8, 4) is 5.75 Å². The summed E-state index contributed by atoms with van der Waals surface area (Å²) in [5.41, 5.74) is -0.946. The zero-order valence-electron chi connectivity index (χ0n) is 13.2. The van der Waals surface area contributed by atoms with E-state index in [-0.39, 0.29) is 17.4 Å². The van der Waals surface area contributed by atoms with E-state index < -0.39 is 17.6 Å². The van der Waals surface area contributed by atoms with Crippen LogP contribution in [0.3, 0.4) is 0 Å². The largest absolute Gasteiger partial charge is 0.496 e. The van der Waals surface area contributed by atoms with Gasteiger partial charge >= 0.3 is 6.18 Å². The van der Waals surface area contributed by atoms with Gasteiger partial charge in [-0.3, -0.25) is 4.79 Å². The smallest absolute Gasteiger partial charge is 0.416 e. The van der Waals surface area contributed by atoms with E-state index in [1.807, 2.05) is 6.92 Å². The number of nitrogens with zero attached hydrogens (tertiary/aromatic N) is 1. The SMILES string of the molecule is CCN1CCCC(NC(=O)c2cc(C(F)(F)F)ccc2OC)C1. The number of hydrogen-bond acceptors (Lipinski definition) is 3. The highest BCUT2D eigenvalue weighted by molar-refractivity contribution is 5.97. The number of methoxy groups -OCH3 is 1. The quantitative estimate of drug-likeness (QED) is 0.923. The highest BCUT2D eigenvalue weighted by atomic mass is 19.4. The molecule has 1 amide bonds. The van der Waals surface area contributed by atoms with Gasteiger partial charge in [0.25, 0.3) is 5.91 Å². The second kappa shape index (κ2) is 7.21. The first kappa shape index (κ1) is 17.6. The average molecular weight is 330 g/mol. The number of likely N-dealkylation sites (N-methyl/N-ethyl adjacent to an activating group) is 1. The molecule has 1 heterocycles. The standard InChI is InChI=1S/C16H21F3N2O2/c1-3-21-8-4-5-12(10-21)20-15(22)13-9-11(16(17,18)19)6-7-14(13)23-2/h6-7,9,12H,3-5,8,10H2,1-2H3,(H,20,22). The molecule has 1 aromatic rings. The molecule has 1 saturated heterocycles. The lowest BCUT2D eigenvalue weighted by atomic mass is 10.0. The molecule has 0 saturated carbocycles. The maximum atomic E-state index is 12.8. The number of hydrogen-bond donors (Lipinski definition) is 1. The third-order valence-electron chi connectivity index (χ3n) is 4.06. The van der Waals surface area contributed by atoms with Gasteiger partial charge in [0.2, 0.25) is 0 Å². The van der Waals surface area contributed by atoms with Crippen molar-refractivity contribution in [3.05, 3.63) is 29.3 Å². The first-order chi connectivity index (χ1) is 10.8. The second-order valence-corrected chi connectivity index (χ2v) is 5.62. The molecule has 1 aromatic carbocycles. The Bertz CT molecular complexity index is 561. The van der Waals surface area contributed by atoms with Crippen LogP contribution in [0.2, 0.25) is 0 Å². The van der Waals surface area contributed by atoms with Crippen LogP contribution in [0, 0.1) is 0 Å². The number of carbonyl (C=O) groups excluding carboxylic acids is 1. The van der Waals surface area contributed by atoms with Gasteiger partial charge in [-0.15, -0.1) is 0 Å². The van der Waals surface area contributed by atoms with Gasteiger partial charge in [0, 0.05) is 12.6 Å². The molecule has 0 spiro atoms. The molecule has 23 heavy (non-hydrogen) atoms. The van der Waals surface area contributed by atoms with Crippen molar-refractivity contribution in [2.75, 3.05) is 26.7 Å². The molecule has 0 aromatic heterocycles. The molecule has 1 fully saturated rings. The van der Waals surface area contributed by atoms with Crippen LogP contribution in [0.25, 0.3) is 0 Å². The molecule has 0 radical (unpaired) electrons. The molecule has 1 unspecified atom stereocenters. The molecule has 0 aliphatic carbocycles. The van der Waals surface area contributed by atoms with Crippen LogP contribution in [0.5, 0.6) is 5.75 Å². The Hall–Kier alpha value is -1.76. The average Bonchev–Trinajstić information content (AvgIpc) is 2.53. The van der Waals surface area contributed by atoms with Crippen LogP contribution in [-0.2, 0) is 6.18 Å². The zero-order chi connectivity index (χ0) is 17.0. The summed E-state index contributed by atoms with van der Waals surface area (Å²) < 4.78 is 43.6. The van der Waals surface area contributed by atoms with Crippen LogP contribution in [-0.4, -0.2) is 43.6 Å². The van der Waals surface area contributed by atoms with Crippen LogP contribution >= 0.6 is 0 Å². The van der Waals surface area contributed by atoms with Gasteiger partial charge in [-0.05, 0) is 44.1 Å². The van der Waals surface area contributed by atoms with E-state index >= 15 is 0 Å². The third-order valence-corrected chi connectivity index (χ3v) is 4.06. The number of amides is 1. The van der Waals surface area contributed by atoms with Crippen LogP contribution in [0.15, 0.2) is 18.2 Å². The Balaban J connectivity index is 2.17. The molecule has 1 aliphatic heterocycles. The number of ether oxygens (including phenoxy) is 1. The van der Waals surface area contributed by atoms with Crippen molar-refractivity contribution in [3.63, 3.8) is 0 Å². The molecule has 1 atom stereocenters. The van der Waals surface area contributed by atoms with Gasteiger partial charge < -0.3 is 15.0 Å². The minimum absolute atomic E-state index is 0.0598.